The Morgan fingerprint density at radius 3 is 2.28 bits per heavy atom. The average Bonchev–Trinajstić information content (AvgIpc) is 2.73. The number of benzene rings is 1. The highest BCUT2D eigenvalue weighted by Gasteiger charge is 2.29. The maximum absolute atomic E-state index is 11.5. The number of rotatable bonds is 16. The molecule has 0 fully saturated rings. The quantitative estimate of drug-likeness (QED) is 0.324. The summed E-state index contributed by atoms with van der Waals surface area (Å²) in [6.45, 7) is 8.84. The van der Waals surface area contributed by atoms with Crippen LogP contribution in [0.5, 0.6) is 5.75 Å². The second-order valence-electron chi connectivity index (χ2n) is 9.70. The van der Waals surface area contributed by atoms with Gasteiger partial charge in [-0.15, -0.1) is 0 Å². The van der Waals surface area contributed by atoms with Crippen molar-refractivity contribution in [2.75, 3.05) is 20.8 Å². The molecule has 0 saturated carbocycles. The SMILES string of the molecule is COCCCCc1cc(CC(CC(N)C(O)CC(C(=O)O)C(C)C)C(C)C)ccc1OC. The van der Waals surface area contributed by atoms with E-state index in [0.717, 1.165) is 38.0 Å². The Hall–Kier alpha value is -1.63. The van der Waals surface area contributed by atoms with Crippen LogP contribution in [0.25, 0.3) is 0 Å². The molecule has 0 aliphatic carbocycles. The Bertz CT molecular complexity index is 676. The molecular weight excluding hydrogens is 406 g/mol. The number of unbranched alkanes of at least 4 members (excludes halogenated alkanes) is 1. The van der Waals surface area contributed by atoms with Crippen LogP contribution in [0.15, 0.2) is 18.2 Å². The van der Waals surface area contributed by atoms with E-state index in [-0.39, 0.29) is 18.3 Å². The van der Waals surface area contributed by atoms with Crippen molar-refractivity contribution in [3.63, 3.8) is 0 Å². The number of carboxylic acid groups (broad SMARTS) is 1. The number of carbonyl (C=O) groups is 1. The second kappa shape index (κ2) is 14.5. The van der Waals surface area contributed by atoms with E-state index in [4.69, 9.17) is 15.2 Å². The number of methoxy groups -OCH3 is 2. The molecule has 0 heterocycles. The molecule has 0 saturated heterocycles. The van der Waals surface area contributed by atoms with Crippen LogP contribution in [-0.4, -0.2) is 49.2 Å². The summed E-state index contributed by atoms with van der Waals surface area (Å²) in [7, 11) is 3.42. The molecular formula is C26H45NO5. The number of aliphatic carboxylic acids is 1. The first kappa shape index (κ1) is 28.4. The molecule has 0 aliphatic rings. The molecule has 0 spiro atoms. The standard InChI is InChI=1S/C26H45NO5/c1-17(2)21(15-23(27)24(28)16-22(18(3)4)26(29)30)14-19-10-11-25(32-6)20(13-19)9-7-8-12-31-5/h10-11,13,17-18,21-24,28H,7-9,12,14-16,27H2,1-6H3,(H,29,30). The van der Waals surface area contributed by atoms with Crippen LogP contribution in [0.4, 0.5) is 0 Å². The Kier molecular flexibility index (Phi) is 12.9. The number of carboxylic acids is 1. The summed E-state index contributed by atoms with van der Waals surface area (Å²) in [5.41, 5.74) is 8.79. The molecule has 32 heavy (non-hydrogen) atoms. The minimum atomic E-state index is -0.872. The van der Waals surface area contributed by atoms with Gasteiger partial charge in [0.1, 0.15) is 5.75 Å². The highest BCUT2D eigenvalue weighted by molar-refractivity contribution is 5.70. The Labute approximate surface area is 194 Å². The van der Waals surface area contributed by atoms with Crippen LogP contribution in [0.2, 0.25) is 0 Å². The molecule has 6 heteroatoms. The zero-order chi connectivity index (χ0) is 24.3. The van der Waals surface area contributed by atoms with Crippen LogP contribution in [0.3, 0.4) is 0 Å². The predicted molar refractivity (Wildman–Crippen MR) is 129 cm³/mol. The lowest BCUT2D eigenvalue weighted by atomic mass is 9.81. The van der Waals surface area contributed by atoms with Crippen molar-refractivity contribution in [2.24, 2.45) is 29.4 Å². The van der Waals surface area contributed by atoms with Crippen molar-refractivity contribution < 1.29 is 24.5 Å². The largest absolute Gasteiger partial charge is 0.496 e. The van der Waals surface area contributed by atoms with Crippen LogP contribution in [0, 0.1) is 23.7 Å². The van der Waals surface area contributed by atoms with Gasteiger partial charge in [0.2, 0.25) is 0 Å². The smallest absolute Gasteiger partial charge is 0.306 e. The third-order valence-electron chi connectivity index (χ3n) is 6.52. The maximum Gasteiger partial charge on any atom is 0.306 e. The first-order chi connectivity index (χ1) is 15.1. The number of nitrogens with two attached hydrogens (primary N) is 1. The molecule has 1 rings (SSSR count). The van der Waals surface area contributed by atoms with Crippen LogP contribution in [-0.2, 0) is 22.4 Å². The number of aryl methyl sites for hydroxylation is 1. The van der Waals surface area contributed by atoms with E-state index < -0.39 is 24.0 Å². The van der Waals surface area contributed by atoms with E-state index in [1.165, 1.54) is 11.1 Å². The molecule has 0 aromatic heterocycles. The highest BCUT2D eigenvalue weighted by atomic mass is 16.5. The van der Waals surface area contributed by atoms with Crippen molar-refractivity contribution in [1.29, 1.82) is 0 Å². The summed E-state index contributed by atoms with van der Waals surface area (Å²) < 4.78 is 10.7. The molecule has 4 atom stereocenters. The number of hydrogen-bond acceptors (Lipinski definition) is 5. The average molecular weight is 452 g/mol. The lowest BCUT2D eigenvalue weighted by Gasteiger charge is -2.29. The Morgan fingerprint density at radius 1 is 1.06 bits per heavy atom. The Morgan fingerprint density at radius 2 is 1.75 bits per heavy atom. The van der Waals surface area contributed by atoms with Gasteiger partial charge in [-0.1, -0.05) is 39.8 Å². The van der Waals surface area contributed by atoms with E-state index in [2.05, 4.69) is 26.0 Å². The van der Waals surface area contributed by atoms with Crippen molar-refractivity contribution in [3.8, 4) is 5.75 Å². The van der Waals surface area contributed by atoms with E-state index in [1.807, 2.05) is 19.9 Å². The van der Waals surface area contributed by atoms with E-state index >= 15 is 0 Å². The van der Waals surface area contributed by atoms with Gasteiger partial charge in [0.05, 0.1) is 19.1 Å². The van der Waals surface area contributed by atoms with E-state index in [9.17, 15) is 15.0 Å². The summed E-state index contributed by atoms with van der Waals surface area (Å²) >= 11 is 0. The molecule has 184 valence electrons. The summed E-state index contributed by atoms with van der Waals surface area (Å²) in [5, 5.41) is 20.1. The lowest BCUT2D eigenvalue weighted by molar-refractivity contribution is -0.144. The molecule has 6 nitrogen and oxygen atoms in total. The zero-order valence-electron chi connectivity index (χ0n) is 20.8. The normalized spacial score (nSPS) is 15.6. The molecule has 0 bridgehead atoms. The van der Waals surface area contributed by atoms with Gasteiger partial charge in [-0.05, 0) is 73.5 Å². The summed E-state index contributed by atoms with van der Waals surface area (Å²) in [4.78, 5) is 11.5. The molecule has 4 unspecified atom stereocenters. The highest BCUT2D eigenvalue weighted by Crippen LogP contribution is 2.28. The van der Waals surface area contributed by atoms with Gasteiger partial charge in [0.25, 0.3) is 0 Å². The molecule has 0 aliphatic heterocycles. The minimum Gasteiger partial charge on any atom is -0.496 e. The third-order valence-corrected chi connectivity index (χ3v) is 6.52. The van der Waals surface area contributed by atoms with Crippen LogP contribution < -0.4 is 10.5 Å². The second-order valence-corrected chi connectivity index (χ2v) is 9.70. The number of aliphatic hydroxyl groups is 1. The van der Waals surface area contributed by atoms with Gasteiger partial charge in [-0.25, -0.2) is 0 Å². The Balaban J connectivity index is 2.84. The van der Waals surface area contributed by atoms with Crippen LogP contribution >= 0.6 is 0 Å². The summed E-state index contributed by atoms with van der Waals surface area (Å²) in [6.07, 6.45) is 3.87. The van der Waals surface area contributed by atoms with Crippen molar-refractivity contribution in [3.05, 3.63) is 29.3 Å². The number of hydrogen-bond donors (Lipinski definition) is 3. The first-order valence-corrected chi connectivity index (χ1v) is 11.9. The molecule has 0 radical (unpaired) electrons. The van der Waals surface area contributed by atoms with Gasteiger partial charge in [0, 0.05) is 19.8 Å². The van der Waals surface area contributed by atoms with Gasteiger partial charge in [0.15, 0.2) is 0 Å². The predicted octanol–water partition coefficient (Wildman–Crippen LogP) is 4.30. The fraction of sp³-hybridized carbons (Fsp3) is 0.731. The fourth-order valence-corrected chi connectivity index (χ4v) is 4.21. The van der Waals surface area contributed by atoms with Crippen molar-refractivity contribution >= 4 is 5.97 Å². The molecule has 0 amide bonds. The number of ether oxygens (including phenoxy) is 2. The van der Waals surface area contributed by atoms with Gasteiger partial charge < -0.3 is 25.4 Å². The third kappa shape index (κ3) is 9.47. The van der Waals surface area contributed by atoms with E-state index in [1.54, 1.807) is 14.2 Å². The van der Waals surface area contributed by atoms with Crippen LogP contribution in [0.1, 0.15) is 64.5 Å². The van der Waals surface area contributed by atoms with Gasteiger partial charge >= 0.3 is 5.97 Å². The summed E-state index contributed by atoms with van der Waals surface area (Å²) in [6, 6.07) is 5.92. The van der Waals surface area contributed by atoms with Gasteiger partial charge in [-0.3, -0.25) is 4.79 Å². The zero-order valence-corrected chi connectivity index (χ0v) is 20.8. The maximum atomic E-state index is 11.5. The van der Waals surface area contributed by atoms with Gasteiger partial charge in [-0.2, -0.15) is 0 Å². The monoisotopic (exact) mass is 451 g/mol. The minimum absolute atomic E-state index is 0.0446. The van der Waals surface area contributed by atoms with E-state index in [0.29, 0.717) is 12.3 Å². The lowest BCUT2D eigenvalue weighted by Crippen LogP contribution is -2.40. The first-order valence-electron chi connectivity index (χ1n) is 11.9. The van der Waals surface area contributed by atoms with Crippen molar-refractivity contribution in [1.82, 2.24) is 0 Å². The number of aliphatic hydroxyl groups excluding tert-OH is 1. The van der Waals surface area contributed by atoms with Crippen molar-refractivity contribution in [2.45, 2.75) is 78.4 Å². The molecule has 4 N–H and O–H groups in total. The summed E-state index contributed by atoms with van der Waals surface area (Å²) in [5.74, 6) is 0.0842. The fourth-order valence-electron chi connectivity index (χ4n) is 4.21. The molecule has 1 aromatic rings. The molecule has 1 aromatic carbocycles. The topological polar surface area (TPSA) is 102 Å².